The number of carbonyl (C=O) groups is 2. The lowest BCUT2D eigenvalue weighted by atomic mass is 9.88. The molecule has 2 aliphatic heterocycles. The molecular formula is C22H25ClN3O5+. The first-order chi connectivity index (χ1) is 14.7. The average molecular weight is 447 g/mol. The van der Waals surface area contributed by atoms with E-state index in [9.17, 15) is 14.7 Å². The van der Waals surface area contributed by atoms with Crippen molar-refractivity contribution in [1.29, 1.82) is 0 Å². The van der Waals surface area contributed by atoms with Gasteiger partial charge < -0.3 is 19.1 Å². The Morgan fingerprint density at radius 2 is 2.13 bits per heavy atom. The highest BCUT2D eigenvalue weighted by molar-refractivity contribution is 6.30. The molecule has 0 radical (unpaired) electrons. The number of carbonyl (C=O) groups excluding carboxylic acids is 1. The van der Waals surface area contributed by atoms with Crippen molar-refractivity contribution in [1.82, 2.24) is 9.88 Å². The Bertz CT molecular complexity index is 1040. The van der Waals surface area contributed by atoms with Crippen molar-refractivity contribution < 1.29 is 28.7 Å². The number of carboxylic acid groups (broad SMARTS) is 1. The normalized spacial score (nSPS) is 24.8. The van der Waals surface area contributed by atoms with Gasteiger partial charge in [0.2, 0.25) is 0 Å². The number of pyridine rings is 1. The minimum atomic E-state index is -1.78. The third-order valence-corrected chi connectivity index (χ3v) is 6.73. The predicted molar refractivity (Wildman–Crippen MR) is 113 cm³/mol. The Hall–Kier alpha value is -2.68. The first-order valence-corrected chi connectivity index (χ1v) is 10.3. The first kappa shape index (κ1) is 21.5. The minimum absolute atomic E-state index is 0.0166. The second-order valence-electron chi connectivity index (χ2n) is 8.46. The number of nitrogens with zero attached hydrogens (tertiary/aromatic N) is 3. The maximum absolute atomic E-state index is 12.9. The molecule has 1 N–H and O–H groups in total. The summed E-state index contributed by atoms with van der Waals surface area (Å²) < 4.78 is 11.0. The lowest BCUT2D eigenvalue weighted by molar-refractivity contribution is -0.927. The van der Waals surface area contributed by atoms with E-state index in [1.165, 1.54) is 7.11 Å². The molecule has 8 nitrogen and oxygen atoms in total. The molecule has 1 aromatic carbocycles. The van der Waals surface area contributed by atoms with Gasteiger partial charge in [0.25, 0.3) is 0 Å². The summed E-state index contributed by atoms with van der Waals surface area (Å²) in [6.45, 7) is 1.28. The van der Waals surface area contributed by atoms with E-state index >= 15 is 0 Å². The molecule has 1 unspecified atom stereocenters. The zero-order valence-electron chi connectivity index (χ0n) is 17.7. The summed E-state index contributed by atoms with van der Waals surface area (Å²) in [6.07, 6.45) is 1.71. The fourth-order valence-corrected chi connectivity index (χ4v) is 4.76. The van der Waals surface area contributed by atoms with E-state index in [0.717, 1.165) is 16.8 Å². The Morgan fingerprint density at radius 1 is 1.35 bits per heavy atom. The highest BCUT2D eigenvalue weighted by Gasteiger charge is 2.64. The van der Waals surface area contributed by atoms with Gasteiger partial charge in [-0.2, -0.15) is 0 Å². The molecule has 1 saturated heterocycles. The summed E-state index contributed by atoms with van der Waals surface area (Å²) in [5.41, 5.74) is 0.734. The highest BCUT2D eigenvalue weighted by atomic mass is 35.5. The van der Waals surface area contributed by atoms with Crippen LogP contribution < -0.4 is 4.74 Å². The molecule has 0 amide bonds. The molecule has 4 rings (SSSR count). The number of carboxylic acids is 1. The van der Waals surface area contributed by atoms with Crippen molar-refractivity contribution in [3.63, 3.8) is 0 Å². The number of aliphatic carboxylic acids is 1. The Labute approximate surface area is 185 Å². The molecule has 164 valence electrons. The topological polar surface area (TPSA) is 89.0 Å². The summed E-state index contributed by atoms with van der Waals surface area (Å²) in [4.78, 5) is 32.0. The number of methoxy groups -OCH3 is 1. The van der Waals surface area contributed by atoms with Gasteiger partial charge in [0.05, 0.1) is 46.0 Å². The summed E-state index contributed by atoms with van der Waals surface area (Å²) >= 11 is 6.21. The summed E-state index contributed by atoms with van der Waals surface area (Å²) in [5.74, 6) is -1.36. The highest BCUT2D eigenvalue weighted by Crippen LogP contribution is 2.42. The Balaban J connectivity index is 1.88. The molecule has 0 bridgehead atoms. The summed E-state index contributed by atoms with van der Waals surface area (Å²) in [5, 5.41) is 10.8. The number of likely N-dealkylation sites (N-methyl/N-ethyl adjacent to an activating group) is 1. The molecule has 1 fully saturated rings. The minimum Gasteiger partial charge on any atom is -0.488 e. The van der Waals surface area contributed by atoms with Crippen LogP contribution in [0, 0.1) is 0 Å². The van der Waals surface area contributed by atoms with E-state index in [2.05, 4.69) is 4.98 Å². The molecule has 3 heterocycles. The molecule has 0 spiro atoms. The number of benzene rings is 1. The molecule has 2 atom stereocenters. The third-order valence-electron chi connectivity index (χ3n) is 6.49. The van der Waals surface area contributed by atoms with Gasteiger partial charge in [-0.05, 0) is 18.2 Å². The lowest BCUT2D eigenvalue weighted by Crippen LogP contribution is -2.77. The van der Waals surface area contributed by atoms with Crippen LogP contribution in [0.4, 0.5) is 0 Å². The van der Waals surface area contributed by atoms with E-state index < -0.39 is 23.5 Å². The van der Waals surface area contributed by atoms with Crippen LogP contribution in [0.3, 0.4) is 0 Å². The van der Waals surface area contributed by atoms with E-state index in [1.54, 1.807) is 32.4 Å². The molecule has 2 aromatic rings. The van der Waals surface area contributed by atoms with Crippen LogP contribution in [0.1, 0.15) is 22.9 Å². The van der Waals surface area contributed by atoms with E-state index in [1.807, 2.05) is 23.1 Å². The standard InChI is InChI=1S/C22H24ClN3O5/c1-26(2)10-9-25(13-22(26,20(27)28)21(29)30-3)19-16-7-6-15(23)11-17(16)31-12-14-5-4-8-24-18(14)19/h4-8,11,19H,9-10,12-13H2,1-3H3/p+1/t19?,22-/m1/s1. The first-order valence-electron chi connectivity index (χ1n) is 9.96. The van der Waals surface area contributed by atoms with E-state index in [0.29, 0.717) is 30.5 Å². The number of ether oxygens (including phenoxy) is 2. The Morgan fingerprint density at radius 3 is 2.84 bits per heavy atom. The van der Waals surface area contributed by atoms with Gasteiger partial charge in [-0.3, -0.25) is 9.88 Å². The number of fused-ring (bicyclic) bond motifs is 2. The van der Waals surface area contributed by atoms with Crippen LogP contribution in [-0.2, 0) is 20.9 Å². The van der Waals surface area contributed by atoms with Crippen LogP contribution >= 0.6 is 11.6 Å². The second kappa shape index (κ2) is 7.78. The third kappa shape index (κ3) is 3.35. The predicted octanol–water partition coefficient (Wildman–Crippen LogP) is 2.11. The van der Waals surface area contributed by atoms with Crippen molar-refractivity contribution in [2.75, 3.05) is 40.8 Å². The van der Waals surface area contributed by atoms with Gasteiger partial charge in [-0.15, -0.1) is 0 Å². The largest absolute Gasteiger partial charge is 0.488 e. The van der Waals surface area contributed by atoms with Gasteiger partial charge in [0.15, 0.2) is 0 Å². The number of piperazine rings is 1. The molecular weight excluding hydrogens is 422 g/mol. The monoisotopic (exact) mass is 446 g/mol. The number of halogens is 1. The molecule has 31 heavy (non-hydrogen) atoms. The van der Waals surface area contributed by atoms with Crippen LogP contribution in [0.2, 0.25) is 5.02 Å². The number of rotatable bonds is 3. The molecule has 9 heteroatoms. The number of aromatic nitrogens is 1. The molecule has 0 aliphatic carbocycles. The van der Waals surface area contributed by atoms with Gasteiger partial charge >= 0.3 is 17.5 Å². The van der Waals surface area contributed by atoms with Gasteiger partial charge in [0, 0.05) is 28.9 Å². The SMILES string of the molecule is COC(=O)[C@]1(C(=O)O)CN(C2c3ccc(Cl)cc3OCc3cccnc32)CC[N+]1(C)C. The van der Waals surface area contributed by atoms with Gasteiger partial charge in [-0.1, -0.05) is 23.7 Å². The summed E-state index contributed by atoms with van der Waals surface area (Å²) in [6, 6.07) is 8.80. The van der Waals surface area contributed by atoms with Crippen molar-refractivity contribution in [3.8, 4) is 5.75 Å². The van der Waals surface area contributed by atoms with Crippen molar-refractivity contribution in [3.05, 3.63) is 58.4 Å². The zero-order valence-corrected chi connectivity index (χ0v) is 18.4. The van der Waals surface area contributed by atoms with Crippen molar-refractivity contribution in [2.45, 2.75) is 18.2 Å². The molecule has 0 saturated carbocycles. The van der Waals surface area contributed by atoms with Crippen LogP contribution in [0.15, 0.2) is 36.5 Å². The van der Waals surface area contributed by atoms with E-state index in [4.69, 9.17) is 21.1 Å². The van der Waals surface area contributed by atoms with Gasteiger partial charge in [0.1, 0.15) is 12.4 Å². The fourth-order valence-electron chi connectivity index (χ4n) is 4.60. The van der Waals surface area contributed by atoms with Crippen molar-refractivity contribution in [2.24, 2.45) is 0 Å². The average Bonchev–Trinajstić information content (AvgIpc) is 2.89. The van der Waals surface area contributed by atoms with Crippen LogP contribution in [0.5, 0.6) is 5.75 Å². The number of hydrogen-bond acceptors (Lipinski definition) is 6. The zero-order chi connectivity index (χ0) is 22.4. The maximum atomic E-state index is 12.9. The Kier molecular flexibility index (Phi) is 5.41. The number of quaternary nitrogens is 1. The smallest absolute Gasteiger partial charge is 0.381 e. The molecule has 1 aromatic heterocycles. The van der Waals surface area contributed by atoms with Crippen LogP contribution in [-0.4, -0.2) is 77.8 Å². The number of esters is 1. The molecule has 2 aliphatic rings. The lowest BCUT2D eigenvalue weighted by Gasteiger charge is -2.51. The summed E-state index contributed by atoms with van der Waals surface area (Å²) in [7, 11) is 4.72. The second-order valence-corrected chi connectivity index (χ2v) is 8.89. The maximum Gasteiger partial charge on any atom is 0.381 e. The fraction of sp³-hybridized carbons (Fsp3) is 0.409. The number of hydrogen-bond donors (Lipinski definition) is 1. The van der Waals surface area contributed by atoms with Crippen molar-refractivity contribution >= 4 is 23.5 Å². The quantitative estimate of drug-likeness (QED) is 0.438. The van der Waals surface area contributed by atoms with Gasteiger partial charge in [-0.25, -0.2) is 9.59 Å². The van der Waals surface area contributed by atoms with E-state index in [-0.39, 0.29) is 11.0 Å². The van der Waals surface area contributed by atoms with Crippen LogP contribution in [0.25, 0.3) is 0 Å².